The third-order valence-electron chi connectivity index (χ3n) is 4.70. The molecule has 0 spiro atoms. The SMILES string of the molecule is CC(C)CC(N)C(=O)NC(CC(=O)O)C(=O)NC(C(=O)NC(CCCCN)C(=O)O)C(C)O. The van der Waals surface area contributed by atoms with Crippen LogP contribution >= 0.6 is 0 Å². The predicted octanol–water partition coefficient (Wildman–Crippen LogP) is -2.12. The number of rotatable bonds is 16. The van der Waals surface area contributed by atoms with Crippen molar-refractivity contribution in [3.05, 3.63) is 0 Å². The topological polar surface area (TPSA) is 234 Å². The molecule has 0 aromatic rings. The lowest BCUT2D eigenvalue weighted by molar-refractivity contribution is -0.144. The molecular formula is C20H37N5O8. The zero-order valence-corrected chi connectivity index (χ0v) is 19.2. The van der Waals surface area contributed by atoms with E-state index < -0.39 is 66.4 Å². The molecule has 0 heterocycles. The van der Waals surface area contributed by atoms with Gasteiger partial charge in [-0.15, -0.1) is 0 Å². The molecule has 0 radical (unpaired) electrons. The molecule has 190 valence electrons. The molecule has 0 aliphatic heterocycles. The highest BCUT2D eigenvalue weighted by Crippen LogP contribution is 2.06. The maximum atomic E-state index is 12.7. The molecule has 13 nitrogen and oxygen atoms in total. The highest BCUT2D eigenvalue weighted by Gasteiger charge is 2.33. The summed E-state index contributed by atoms with van der Waals surface area (Å²) in [7, 11) is 0. The smallest absolute Gasteiger partial charge is 0.326 e. The molecular weight excluding hydrogens is 438 g/mol. The number of carboxylic acid groups (broad SMARTS) is 2. The first kappa shape index (κ1) is 30.2. The zero-order valence-electron chi connectivity index (χ0n) is 19.2. The Hall–Kier alpha value is -2.77. The van der Waals surface area contributed by atoms with Crippen LogP contribution in [0.3, 0.4) is 0 Å². The number of carbonyl (C=O) groups is 5. The van der Waals surface area contributed by atoms with Crippen LogP contribution in [0.2, 0.25) is 0 Å². The standard InChI is InChI=1S/C20H37N5O8/c1-10(2)8-12(22)17(29)24-14(9-15(27)28)18(30)25-16(11(3)26)19(31)23-13(20(32)33)6-4-5-7-21/h10-14,16,26H,4-9,21-22H2,1-3H3,(H,23,31)(H,24,29)(H,25,30)(H,27,28)(H,32,33). The summed E-state index contributed by atoms with van der Waals surface area (Å²) in [4.78, 5) is 60.1. The van der Waals surface area contributed by atoms with Gasteiger partial charge in [-0.1, -0.05) is 13.8 Å². The molecule has 0 bridgehead atoms. The minimum absolute atomic E-state index is 0.0767. The molecule has 0 aromatic carbocycles. The lowest BCUT2D eigenvalue weighted by Crippen LogP contribution is -2.60. The number of aliphatic hydroxyl groups excluding tert-OH is 1. The van der Waals surface area contributed by atoms with Crippen LogP contribution < -0.4 is 27.4 Å². The monoisotopic (exact) mass is 475 g/mol. The zero-order chi connectivity index (χ0) is 25.7. The second kappa shape index (κ2) is 15.1. The molecule has 0 aromatic heterocycles. The summed E-state index contributed by atoms with van der Waals surface area (Å²) in [5, 5.41) is 35.1. The van der Waals surface area contributed by atoms with E-state index in [0.717, 1.165) is 0 Å². The van der Waals surface area contributed by atoms with Crippen molar-refractivity contribution >= 4 is 29.7 Å². The number of hydrogen-bond donors (Lipinski definition) is 8. The van der Waals surface area contributed by atoms with E-state index in [-0.39, 0.29) is 12.3 Å². The minimum atomic E-state index is -1.59. The number of aliphatic carboxylic acids is 2. The van der Waals surface area contributed by atoms with Gasteiger partial charge in [-0.25, -0.2) is 4.79 Å². The lowest BCUT2D eigenvalue weighted by atomic mass is 10.0. The van der Waals surface area contributed by atoms with Gasteiger partial charge in [0.25, 0.3) is 0 Å². The summed E-state index contributed by atoms with van der Waals surface area (Å²) in [5.74, 6) is -5.38. The summed E-state index contributed by atoms with van der Waals surface area (Å²) in [6.07, 6.45) is -0.876. The van der Waals surface area contributed by atoms with Crippen LogP contribution in [-0.4, -0.2) is 81.8 Å². The van der Waals surface area contributed by atoms with E-state index >= 15 is 0 Å². The Balaban J connectivity index is 5.38. The minimum Gasteiger partial charge on any atom is -0.481 e. The number of nitrogens with one attached hydrogen (secondary N) is 3. The van der Waals surface area contributed by atoms with E-state index in [2.05, 4.69) is 16.0 Å². The van der Waals surface area contributed by atoms with E-state index in [1.165, 1.54) is 6.92 Å². The van der Waals surface area contributed by atoms with Gasteiger partial charge in [0.1, 0.15) is 18.1 Å². The Morgan fingerprint density at radius 2 is 1.42 bits per heavy atom. The normalized spacial score (nSPS) is 15.6. The van der Waals surface area contributed by atoms with Crippen LogP contribution in [0.1, 0.15) is 52.9 Å². The third-order valence-corrected chi connectivity index (χ3v) is 4.70. The molecule has 5 atom stereocenters. The van der Waals surface area contributed by atoms with Crippen molar-refractivity contribution in [2.75, 3.05) is 6.54 Å². The summed E-state index contributed by atoms with van der Waals surface area (Å²) >= 11 is 0. The van der Waals surface area contributed by atoms with Crippen molar-refractivity contribution in [1.29, 1.82) is 0 Å². The molecule has 0 rings (SSSR count). The van der Waals surface area contributed by atoms with Gasteiger partial charge < -0.3 is 42.7 Å². The van der Waals surface area contributed by atoms with Crippen LogP contribution in [0.4, 0.5) is 0 Å². The summed E-state index contributed by atoms with van der Waals surface area (Å²) in [5.41, 5.74) is 11.1. The fourth-order valence-electron chi connectivity index (χ4n) is 2.95. The number of carbonyl (C=O) groups excluding carboxylic acids is 3. The Kier molecular flexibility index (Phi) is 13.9. The Morgan fingerprint density at radius 1 is 0.848 bits per heavy atom. The molecule has 0 aliphatic rings. The highest BCUT2D eigenvalue weighted by molar-refractivity contribution is 5.95. The lowest BCUT2D eigenvalue weighted by Gasteiger charge is -2.26. The second-order valence-corrected chi connectivity index (χ2v) is 8.31. The fourth-order valence-corrected chi connectivity index (χ4v) is 2.95. The number of carboxylic acids is 2. The number of amides is 3. The Labute approximate surface area is 192 Å². The van der Waals surface area contributed by atoms with E-state index in [4.69, 9.17) is 16.6 Å². The van der Waals surface area contributed by atoms with E-state index in [1.54, 1.807) is 0 Å². The van der Waals surface area contributed by atoms with Crippen molar-refractivity contribution in [2.45, 2.75) is 83.1 Å². The number of unbranched alkanes of at least 4 members (excludes halogenated alkanes) is 1. The van der Waals surface area contributed by atoms with E-state index in [1.807, 2.05) is 13.8 Å². The van der Waals surface area contributed by atoms with Crippen LogP contribution in [0, 0.1) is 5.92 Å². The number of aliphatic hydroxyl groups is 1. The average Bonchev–Trinajstić information content (AvgIpc) is 2.69. The highest BCUT2D eigenvalue weighted by atomic mass is 16.4. The van der Waals surface area contributed by atoms with Gasteiger partial charge in [-0.05, 0) is 45.1 Å². The van der Waals surface area contributed by atoms with Crippen molar-refractivity contribution in [3.8, 4) is 0 Å². The summed E-state index contributed by atoms with van der Waals surface area (Å²) in [6.45, 7) is 5.21. The van der Waals surface area contributed by atoms with Crippen LogP contribution in [-0.2, 0) is 24.0 Å². The average molecular weight is 476 g/mol. The molecule has 33 heavy (non-hydrogen) atoms. The number of hydrogen-bond acceptors (Lipinski definition) is 8. The van der Waals surface area contributed by atoms with Crippen LogP contribution in [0.5, 0.6) is 0 Å². The van der Waals surface area contributed by atoms with Crippen molar-refractivity contribution < 1.29 is 39.3 Å². The van der Waals surface area contributed by atoms with E-state index in [9.17, 15) is 34.2 Å². The maximum Gasteiger partial charge on any atom is 0.326 e. The third kappa shape index (κ3) is 12.2. The first-order valence-electron chi connectivity index (χ1n) is 10.8. The maximum absolute atomic E-state index is 12.7. The predicted molar refractivity (Wildman–Crippen MR) is 118 cm³/mol. The molecule has 13 heteroatoms. The largest absolute Gasteiger partial charge is 0.481 e. The molecule has 3 amide bonds. The first-order chi connectivity index (χ1) is 15.3. The van der Waals surface area contributed by atoms with Gasteiger partial charge in [-0.3, -0.25) is 19.2 Å². The molecule has 0 saturated heterocycles. The second-order valence-electron chi connectivity index (χ2n) is 8.31. The van der Waals surface area contributed by atoms with Gasteiger partial charge in [0.15, 0.2) is 0 Å². The summed E-state index contributed by atoms with van der Waals surface area (Å²) < 4.78 is 0. The van der Waals surface area contributed by atoms with Gasteiger partial charge >= 0.3 is 11.9 Å². The van der Waals surface area contributed by atoms with Crippen molar-refractivity contribution in [2.24, 2.45) is 17.4 Å². The van der Waals surface area contributed by atoms with Crippen molar-refractivity contribution in [3.63, 3.8) is 0 Å². The van der Waals surface area contributed by atoms with E-state index in [0.29, 0.717) is 25.8 Å². The molecule has 0 fully saturated rings. The Morgan fingerprint density at radius 3 is 1.88 bits per heavy atom. The number of nitrogens with two attached hydrogens (primary N) is 2. The molecule has 0 aliphatic carbocycles. The van der Waals surface area contributed by atoms with Crippen LogP contribution in [0.15, 0.2) is 0 Å². The van der Waals surface area contributed by atoms with Gasteiger partial charge in [-0.2, -0.15) is 0 Å². The fraction of sp³-hybridized carbons (Fsp3) is 0.750. The summed E-state index contributed by atoms with van der Waals surface area (Å²) in [6, 6.07) is -5.41. The molecule has 10 N–H and O–H groups in total. The molecule has 0 saturated carbocycles. The van der Waals surface area contributed by atoms with Gasteiger partial charge in [0, 0.05) is 0 Å². The van der Waals surface area contributed by atoms with Crippen LogP contribution in [0.25, 0.3) is 0 Å². The van der Waals surface area contributed by atoms with Gasteiger partial charge in [0.05, 0.1) is 18.6 Å². The van der Waals surface area contributed by atoms with Gasteiger partial charge in [0.2, 0.25) is 17.7 Å². The van der Waals surface area contributed by atoms with Crippen molar-refractivity contribution in [1.82, 2.24) is 16.0 Å². The Bertz CT molecular complexity index is 685. The quantitative estimate of drug-likeness (QED) is 0.113. The molecule has 5 unspecified atom stereocenters. The first-order valence-corrected chi connectivity index (χ1v) is 10.8.